The van der Waals surface area contributed by atoms with Crippen molar-refractivity contribution in [2.24, 2.45) is 0 Å². The van der Waals surface area contributed by atoms with Crippen molar-refractivity contribution < 1.29 is 13.2 Å². The minimum absolute atomic E-state index is 0.0313. The molecule has 1 amide bonds. The van der Waals surface area contributed by atoms with Crippen LogP contribution in [0.5, 0.6) is 0 Å². The monoisotopic (exact) mass is 494 g/mol. The van der Waals surface area contributed by atoms with Crippen molar-refractivity contribution in [2.45, 2.75) is 42.6 Å². The molecule has 1 aliphatic rings. The number of anilines is 1. The van der Waals surface area contributed by atoms with E-state index in [2.05, 4.69) is 23.5 Å². The number of rotatable bonds is 8. The molecule has 4 rings (SSSR count). The summed E-state index contributed by atoms with van der Waals surface area (Å²) >= 11 is 1.78. The van der Waals surface area contributed by atoms with Gasteiger partial charge in [-0.2, -0.15) is 0 Å². The molecule has 34 heavy (non-hydrogen) atoms. The van der Waals surface area contributed by atoms with Gasteiger partial charge in [0.05, 0.1) is 5.75 Å². The predicted molar refractivity (Wildman–Crippen MR) is 140 cm³/mol. The molecule has 0 atom stereocenters. The van der Waals surface area contributed by atoms with Gasteiger partial charge in [-0.15, -0.1) is 11.8 Å². The van der Waals surface area contributed by atoms with Crippen molar-refractivity contribution in [2.75, 3.05) is 18.4 Å². The van der Waals surface area contributed by atoms with Crippen LogP contribution < -0.4 is 5.32 Å². The van der Waals surface area contributed by atoms with E-state index < -0.39 is 10.0 Å². The lowest BCUT2D eigenvalue weighted by molar-refractivity contribution is 0.102. The van der Waals surface area contributed by atoms with Crippen molar-refractivity contribution >= 4 is 33.4 Å². The van der Waals surface area contributed by atoms with E-state index in [0.717, 1.165) is 36.3 Å². The molecule has 7 heteroatoms. The molecule has 1 heterocycles. The molecule has 0 aromatic heterocycles. The Hall–Kier alpha value is -2.61. The van der Waals surface area contributed by atoms with Crippen molar-refractivity contribution in [3.05, 3.63) is 95.1 Å². The van der Waals surface area contributed by atoms with E-state index >= 15 is 0 Å². The van der Waals surface area contributed by atoms with Gasteiger partial charge in [-0.1, -0.05) is 48.9 Å². The number of carbonyl (C=O) groups is 1. The Bertz CT molecular complexity index is 1220. The quantitative estimate of drug-likeness (QED) is 0.399. The van der Waals surface area contributed by atoms with E-state index in [1.54, 1.807) is 40.3 Å². The highest BCUT2D eigenvalue weighted by molar-refractivity contribution is 7.98. The van der Waals surface area contributed by atoms with Crippen molar-refractivity contribution in [3.8, 4) is 0 Å². The maximum atomic E-state index is 12.8. The van der Waals surface area contributed by atoms with Crippen LogP contribution in [0.25, 0.3) is 0 Å². The van der Waals surface area contributed by atoms with E-state index in [1.807, 2.05) is 37.3 Å². The molecule has 1 aliphatic heterocycles. The molecular weight excluding hydrogens is 464 g/mol. The largest absolute Gasteiger partial charge is 0.322 e. The molecule has 3 aromatic carbocycles. The van der Waals surface area contributed by atoms with E-state index in [0.29, 0.717) is 24.2 Å². The van der Waals surface area contributed by atoms with Gasteiger partial charge in [0.25, 0.3) is 5.91 Å². The van der Waals surface area contributed by atoms with Gasteiger partial charge in [0.15, 0.2) is 0 Å². The van der Waals surface area contributed by atoms with E-state index in [-0.39, 0.29) is 11.7 Å². The van der Waals surface area contributed by atoms with Crippen LogP contribution in [0.1, 0.15) is 46.3 Å². The second kappa shape index (κ2) is 11.2. The van der Waals surface area contributed by atoms with Crippen LogP contribution >= 0.6 is 11.8 Å². The van der Waals surface area contributed by atoms with Gasteiger partial charge >= 0.3 is 0 Å². The summed E-state index contributed by atoms with van der Waals surface area (Å²) in [6.07, 6.45) is 2.93. The molecule has 178 valence electrons. The SMILES string of the molecule is Cc1cc(CSc2ccccc2)ccc1NC(=O)c1ccc(CS(=O)(=O)N2CCCCC2)cc1. The third-order valence-electron chi connectivity index (χ3n) is 5.96. The van der Waals surface area contributed by atoms with Crippen LogP contribution in [0, 0.1) is 6.92 Å². The Kier molecular flexibility index (Phi) is 8.08. The first-order valence-electron chi connectivity index (χ1n) is 11.6. The Morgan fingerprint density at radius 1 is 0.912 bits per heavy atom. The van der Waals surface area contributed by atoms with Gasteiger partial charge in [-0.05, 0) is 66.8 Å². The molecule has 3 aromatic rings. The average Bonchev–Trinajstić information content (AvgIpc) is 2.85. The first-order chi connectivity index (χ1) is 16.4. The fraction of sp³-hybridized carbons (Fsp3) is 0.296. The molecule has 1 saturated heterocycles. The minimum Gasteiger partial charge on any atom is -0.322 e. The maximum absolute atomic E-state index is 12.8. The molecule has 0 spiro atoms. The topological polar surface area (TPSA) is 66.5 Å². The zero-order chi connectivity index (χ0) is 24.0. The van der Waals surface area contributed by atoms with Gasteiger partial charge in [0, 0.05) is 35.0 Å². The first-order valence-corrected chi connectivity index (χ1v) is 14.2. The highest BCUT2D eigenvalue weighted by atomic mass is 32.2. The maximum Gasteiger partial charge on any atom is 0.255 e. The number of carbonyl (C=O) groups excluding carboxylic acids is 1. The lowest BCUT2D eigenvalue weighted by Gasteiger charge is -2.25. The number of hydrogen-bond donors (Lipinski definition) is 1. The fourth-order valence-corrected chi connectivity index (χ4v) is 6.50. The molecule has 0 aliphatic carbocycles. The summed E-state index contributed by atoms with van der Waals surface area (Å²) in [4.78, 5) is 14.0. The molecule has 0 unspecified atom stereocenters. The number of sulfonamides is 1. The zero-order valence-electron chi connectivity index (χ0n) is 19.4. The Morgan fingerprint density at radius 2 is 1.59 bits per heavy atom. The molecule has 1 N–H and O–H groups in total. The summed E-state index contributed by atoms with van der Waals surface area (Å²) in [6.45, 7) is 3.19. The number of nitrogens with zero attached hydrogens (tertiary/aromatic N) is 1. The van der Waals surface area contributed by atoms with Gasteiger partial charge in [-0.25, -0.2) is 12.7 Å². The van der Waals surface area contributed by atoms with Crippen LogP contribution in [0.15, 0.2) is 77.7 Å². The number of piperidine rings is 1. The summed E-state index contributed by atoms with van der Waals surface area (Å²) in [5, 5.41) is 2.97. The highest BCUT2D eigenvalue weighted by Crippen LogP contribution is 2.25. The Labute approximate surface area is 206 Å². The number of aryl methyl sites for hydroxylation is 1. The van der Waals surface area contributed by atoms with Crippen LogP contribution in [0.4, 0.5) is 5.69 Å². The Morgan fingerprint density at radius 3 is 2.26 bits per heavy atom. The molecule has 0 bridgehead atoms. The number of thioether (sulfide) groups is 1. The number of amides is 1. The van der Waals surface area contributed by atoms with Crippen molar-refractivity contribution in [1.82, 2.24) is 4.31 Å². The normalized spacial score (nSPS) is 14.6. The molecule has 0 radical (unpaired) electrons. The summed E-state index contributed by atoms with van der Waals surface area (Å²) in [5.74, 6) is 0.622. The third kappa shape index (κ3) is 6.50. The van der Waals surface area contributed by atoms with Gasteiger partial charge in [0.2, 0.25) is 10.0 Å². The van der Waals surface area contributed by atoms with E-state index in [4.69, 9.17) is 0 Å². The molecule has 1 fully saturated rings. The fourth-order valence-electron chi connectivity index (χ4n) is 4.03. The summed E-state index contributed by atoms with van der Waals surface area (Å²) < 4.78 is 26.9. The van der Waals surface area contributed by atoms with E-state index in [1.165, 1.54) is 10.5 Å². The zero-order valence-corrected chi connectivity index (χ0v) is 21.0. The van der Waals surface area contributed by atoms with Gasteiger partial charge < -0.3 is 5.32 Å². The smallest absolute Gasteiger partial charge is 0.255 e. The lowest BCUT2D eigenvalue weighted by atomic mass is 10.1. The van der Waals surface area contributed by atoms with Gasteiger partial charge in [-0.3, -0.25) is 4.79 Å². The molecular formula is C27H30N2O3S2. The minimum atomic E-state index is -3.32. The van der Waals surface area contributed by atoms with Crippen LogP contribution in [-0.4, -0.2) is 31.7 Å². The number of benzene rings is 3. The number of hydrogen-bond acceptors (Lipinski definition) is 4. The van der Waals surface area contributed by atoms with E-state index in [9.17, 15) is 13.2 Å². The average molecular weight is 495 g/mol. The number of nitrogens with one attached hydrogen (secondary N) is 1. The highest BCUT2D eigenvalue weighted by Gasteiger charge is 2.24. The van der Waals surface area contributed by atoms with Crippen LogP contribution in [0.3, 0.4) is 0 Å². The van der Waals surface area contributed by atoms with Crippen molar-refractivity contribution in [3.63, 3.8) is 0 Å². The second-order valence-electron chi connectivity index (χ2n) is 8.62. The summed E-state index contributed by atoms with van der Waals surface area (Å²) in [5.41, 5.74) is 4.17. The molecule has 5 nitrogen and oxygen atoms in total. The van der Waals surface area contributed by atoms with Crippen LogP contribution in [-0.2, 0) is 21.5 Å². The second-order valence-corrected chi connectivity index (χ2v) is 11.6. The lowest BCUT2D eigenvalue weighted by Crippen LogP contribution is -2.36. The summed E-state index contributed by atoms with van der Waals surface area (Å²) in [7, 11) is -3.32. The Balaban J connectivity index is 1.35. The van der Waals surface area contributed by atoms with Crippen LogP contribution in [0.2, 0.25) is 0 Å². The standard InChI is InChI=1S/C27H30N2O3S2/c1-21-18-23(19-33-25-8-4-2-5-9-25)12-15-26(21)28-27(30)24-13-10-22(11-14-24)20-34(31,32)29-16-6-3-7-17-29/h2,4-5,8-15,18H,3,6-7,16-17,19-20H2,1H3,(H,28,30). The summed E-state index contributed by atoms with van der Waals surface area (Å²) in [6, 6.07) is 23.2. The first kappa shape index (κ1) is 24.5. The van der Waals surface area contributed by atoms with Crippen molar-refractivity contribution in [1.29, 1.82) is 0 Å². The third-order valence-corrected chi connectivity index (χ3v) is 8.89. The van der Waals surface area contributed by atoms with Gasteiger partial charge in [0.1, 0.15) is 0 Å². The molecule has 0 saturated carbocycles. The predicted octanol–water partition coefficient (Wildman–Crippen LogP) is 5.86.